The van der Waals surface area contributed by atoms with Gasteiger partial charge in [-0.2, -0.15) is 0 Å². The molecular weight excluding hydrogens is 347 g/mol. The first-order chi connectivity index (χ1) is 8.56. The van der Waals surface area contributed by atoms with Crippen LogP contribution in [0.4, 0.5) is 11.4 Å². The van der Waals surface area contributed by atoms with Crippen molar-refractivity contribution in [3.63, 3.8) is 0 Å². The van der Waals surface area contributed by atoms with Gasteiger partial charge in [-0.25, -0.2) is 5.01 Å². The summed E-state index contributed by atoms with van der Waals surface area (Å²) < 4.78 is 0.862. The van der Waals surface area contributed by atoms with Crippen LogP contribution in [-0.2, 0) is 0 Å². The molecule has 0 saturated carbocycles. The Labute approximate surface area is 119 Å². The average molecular weight is 362 g/mol. The van der Waals surface area contributed by atoms with Gasteiger partial charge in [0.2, 0.25) is 0 Å². The van der Waals surface area contributed by atoms with Crippen LogP contribution in [0.5, 0.6) is 0 Å². The molecule has 1 heterocycles. The van der Waals surface area contributed by atoms with E-state index in [0.29, 0.717) is 0 Å². The topological polar surface area (TPSA) is 61.6 Å². The number of anilines is 1. The molecule has 1 aliphatic rings. The van der Waals surface area contributed by atoms with Crippen LogP contribution in [-0.4, -0.2) is 48.1 Å². The number of rotatable bonds is 3. The summed E-state index contributed by atoms with van der Waals surface area (Å²) in [6.07, 6.45) is 0. The summed E-state index contributed by atoms with van der Waals surface area (Å²) in [6, 6.07) is 4.87. The first-order valence-corrected chi connectivity index (χ1v) is 6.78. The summed E-state index contributed by atoms with van der Waals surface area (Å²) >= 11 is 2.12. The molecule has 0 aliphatic carbocycles. The number of piperazine rings is 1. The third-order valence-corrected chi connectivity index (χ3v) is 3.84. The van der Waals surface area contributed by atoms with Gasteiger partial charge in [-0.1, -0.05) is 0 Å². The standard InChI is InChI=1S/C11H15IN4O2/c1-14-4-6-15(7-5-14)13-11-3-2-9(16(17)18)8-10(11)12/h2-3,8,13H,4-7H2,1H3. The van der Waals surface area contributed by atoms with E-state index >= 15 is 0 Å². The number of non-ortho nitro benzene ring substituents is 1. The van der Waals surface area contributed by atoms with Gasteiger partial charge in [0.15, 0.2) is 0 Å². The first kappa shape index (κ1) is 13.5. The molecule has 1 saturated heterocycles. The molecule has 1 N–H and O–H groups in total. The normalized spacial score (nSPS) is 17.7. The van der Waals surface area contributed by atoms with Crippen LogP contribution in [0.2, 0.25) is 0 Å². The minimum atomic E-state index is -0.373. The number of likely N-dealkylation sites (N-methyl/N-ethyl adjacent to an activating group) is 1. The van der Waals surface area contributed by atoms with Crippen molar-refractivity contribution in [2.24, 2.45) is 0 Å². The number of nitro groups is 1. The molecule has 6 nitrogen and oxygen atoms in total. The highest BCUT2D eigenvalue weighted by Crippen LogP contribution is 2.24. The maximum absolute atomic E-state index is 10.7. The Bertz CT molecular complexity index is 447. The van der Waals surface area contributed by atoms with E-state index in [2.05, 4.69) is 45.0 Å². The lowest BCUT2D eigenvalue weighted by Gasteiger charge is -2.33. The van der Waals surface area contributed by atoms with Crippen molar-refractivity contribution in [1.29, 1.82) is 0 Å². The summed E-state index contributed by atoms with van der Waals surface area (Å²) in [6.45, 7) is 3.94. The van der Waals surface area contributed by atoms with E-state index in [1.54, 1.807) is 12.1 Å². The first-order valence-electron chi connectivity index (χ1n) is 5.70. The van der Waals surface area contributed by atoms with Gasteiger partial charge in [0.1, 0.15) is 0 Å². The number of hydrogen-bond donors (Lipinski definition) is 1. The van der Waals surface area contributed by atoms with Crippen LogP contribution in [0.1, 0.15) is 0 Å². The van der Waals surface area contributed by atoms with E-state index in [1.807, 2.05) is 0 Å². The number of halogens is 1. The predicted molar refractivity (Wildman–Crippen MR) is 78.5 cm³/mol. The molecular formula is C11H15IN4O2. The minimum absolute atomic E-state index is 0.128. The van der Waals surface area contributed by atoms with Crippen molar-refractivity contribution in [2.75, 3.05) is 38.7 Å². The number of hydrazine groups is 1. The smallest absolute Gasteiger partial charge is 0.270 e. The number of nitrogens with one attached hydrogen (secondary N) is 1. The average Bonchev–Trinajstić information content (AvgIpc) is 2.34. The Morgan fingerprint density at radius 3 is 2.56 bits per heavy atom. The van der Waals surface area contributed by atoms with Crippen molar-refractivity contribution in [2.45, 2.75) is 0 Å². The van der Waals surface area contributed by atoms with Gasteiger partial charge >= 0.3 is 0 Å². The Hall–Kier alpha value is -0.930. The maximum atomic E-state index is 10.7. The molecule has 0 aromatic heterocycles. The van der Waals surface area contributed by atoms with Crippen molar-refractivity contribution in [3.8, 4) is 0 Å². The molecule has 0 spiro atoms. The Kier molecular flexibility index (Phi) is 4.36. The monoisotopic (exact) mass is 362 g/mol. The molecule has 0 amide bonds. The molecule has 98 valence electrons. The fraction of sp³-hybridized carbons (Fsp3) is 0.455. The molecule has 18 heavy (non-hydrogen) atoms. The van der Waals surface area contributed by atoms with Gasteiger partial charge in [0, 0.05) is 41.9 Å². The minimum Gasteiger partial charge on any atom is -0.318 e. The summed E-state index contributed by atoms with van der Waals surface area (Å²) in [5.41, 5.74) is 4.36. The lowest BCUT2D eigenvalue weighted by molar-refractivity contribution is -0.384. The number of nitro benzene ring substituents is 1. The molecule has 1 aromatic carbocycles. The highest BCUT2D eigenvalue weighted by molar-refractivity contribution is 14.1. The van der Waals surface area contributed by atoms with E-state index in [1.165, 1.54) is 6.07 Å². The summed E-state index contributed by atoms with van der Waals surface area (Å²) in [4.78, 5) is 12.6. The lowest BCUT2D eigenvalue weighted by Crippen LogP contribution is -2.47. The van der Waals surface area contributed by atoms with E-state index in [4.69, 9.17) is 0 Å². The molecule has 0 bridgehead atoms. The van der Waals surface area contributed by atoms with E-state index in [0.717, 1.165) is 35.4 Å². The molecule has 2 rings (SSSR count). The fourth-order valence-corrected chi connectivity index (χ4v) is 2.42. The van der Waals surface area contributed by atoms with Crippen LogP contribution in [0.3, 0.4) is 0 Å². The molecule has 7 heteroatoms. The molecule has 0 atom stereocenters. The quantitative estimate of drug-likeness (QED) is 0.505. The van der Waals surface area contributed by atoms with Crippen LogP contribution in [0, 0.1) is 13.7 Å². The zero-order chi connectivity index (χ0) is 13.1. The SMILES string of the molecule is CN1CCN(Nc2ccc([N+](=O)[O-])cc2I)CC1. The fourth-order valence-electron chi connectivity index (χ4n) is 1.80. The van der Waals surface area contributed by atoms with E-state index in [9.17, 15) is 10.1 Å². The summed E-state index contributed by atoms with van der Waals surface area (Å²) in [5.74, 6) is 0. The third kappa shape index (κ3) is 3.30. The zero-order valence-electron chi connectivity index (χ0n) is 10.1. The largest absolute Gasteiger partial charge is 0.318 e. The van der Waals surface area contributed by atoms with Gasteiger partial charge in [-0.3, -0.25) is 10.1 Å². The van der Waals surface area contributed by atoms with E-state index < -0.39 is 0 Å². The molecule has 0 unspecified atom stereocenters. The van der Waals surface area contributed by atoms with Gasteiger partial charge in [0.05, 0.1) is 10.6 Å². The highest BCUT2D eigenvalue weighted by atomic mass is 127. The van der Waals surface area contributed by atoms with Crippen LogP contribution in [0.25, 0.3) is 0 Å². The van der Waals surface area contributed by atoms with Gasteiger partial charge in [0.25, 0.3) is 5.69 Å². The Balaban J connectivity index is 2.03. The van der Waals surface area contributed by atoms with Gasteiger partial charge in [-0.05, 0) is 35.7 Å². The zero-order valence-corrected chi connectivity index (χ0v) is 12.3. The number of nitrogens with zero attached hydrogens (tertiary/aromatic N) is 3. The highest BCUT2D eigenvalue weighted by Gasteiger charge is 2.15. The number of hydrogen-bond acceptors (Lipinski definition) is 5. The lowest BCUT2D eigenvalue weighted by atomic mass is 10.3. The second-order valence-electron chi connectivity index (χ2n) is 4.32. The Morgan fingerprint density at radius 2 is 2.00 bits per heavy atom. The van der Waals surface area contributed by atoms with E-state index in [-0.39, 0.29) is 10.6 Å². The number of benzene rings is 1. The molecule has 1 aromatic rings. The van der Waals surface area contributed by atoms with Crippen molar-refractivity contribution in [1.82, 2.24) is 9.91 Å². The Morgan fingerprint density at radius 1 is 1.33 bits per heavy atom. The second-order valence-corrected chi connectivity index (χ2v) is 5.49. The third-order valence-electron chi connectivity index (χ3n) is 2.95. The van der Waals surface area contributed by atoms with Crippen LogP contribution in [0.15, 0.2) is 18.2 Å². The van der Waals surface area contributed by atoms with Crippen LogP contribution < -0.4 is 5.43 Å². The predicted octanol–water partition coefficient (Wildman–Crippen LogP) is 1.77. The summed E-state index contributed by atoms with van der Waals surface area (Å²) in [5, 5.41) is 12.8. The molecule has 1 aliphatic heterocycles. The molecule has 1 fully saturated rings. The van der Waals surface area contributed by atoms with Crippen molar-refractivity contribution >= 4 is 34.0 Å². The second kappa shape index (κ2) is 5.81. The summed E-state index contributed by atoms with van der Waals surface area (Å²) in [7, 11) is 2.10. The van der Waals surface area contributed by atoms with Gasteiger partial charge in [-0.15, -0.1) is 0 Å². The molecule has 0 radical (unpaired) electrons. The van der Waals surface area contributed by atoms with Gasteiger partial charge < -0.3 is 10.3 Å². The maximum Gasteiger partial charge on any atom is 0.270 e. The van der Waals surface area contributed by atoms with Crippen LogP contribution >= 0.6 is 22.6 Å². The van der Waals surface area contributed by atoms with Crippen molar-refractivity contribution in [3.05, 3.63) is 31.9 Å². The van der Waals surface area contributed by atoms with Crippen molar-refractivity contribution < 1.29 is 4.92 Å².